The maximum Gasteiger partial charge on any atom is 0.307 e. The molecule has 0 bridgehead atoms. The van der Waals surface area contributed by atoms with E-state index < -0.39 is 12.1 Å². The average molecular weight is 918 g/mol. The molecule has 348 valence electrons. The SMILES string of the molecule is COc1cc2c(cc1OCc1cc(COc3cc4c(cc3OC)C(=O)N3c5ccccc5CC3CN4C)cc(N(C)CCCC(=O)OC3C(=O)CCC3=O)c1)N=C[C@@H]1Cc3ccccc3N1C2=O. The number of nitrogens with zero attached hydrogens (tertiary/aromatic N) is 5. The lowest BCUT2D eigenvalue weighted by Crippen LogP contribution is -2.41. The van der Waals surface area contributed by atoms with Crippen molar-refractivity contribution in [1.82, 2.24) is 0 Å². The zero-order chi connectivity index (χ0) is 47.2. The van der Waals surface area contributed by atoms with Crippen LogP contribution in [0.4, 0.5) is 28.4 Å². The van der Waals surface area contributed by atoms with Gasteiger partial charge in [0.15, 0.2) is 34.6 Å². The zero-order valence-corrected chi connectivity index (χ0v) is 38.4. The summed E-state index contributed by atoms with van der Waals surface area (Å²) in [7, 11) is 6.97. The van der Waals surface area contributed by atoms with Gasteiger partial charge in [0.1, 0.15) is 13.2 Å². The van der Waals surface area contributed by atoms with Gasteiger partial charge in [-0.05, 0) is 77.6 Å². The van der Waals surface area contributed by atoms with Crippen molar-refractivity contribution in [3.8, 4) is 23.0 Å². The second-order valence-electron chi connectivity index (χ2n) is 17.8. The fraction of sp³-hybridized carbons (Fsp3) is 0.321. The van der Waals surface area contributed by atoms with Gasteiger partial charge in [-0.3, -0.25) is 33.9 Å². The molecule has 0 N–H and O–H groups in total. The lowest BCUT2D eigenvalue weighted by atomic mass is 10.1. The Labute approximate surface area is 393 Å². The smallest absolute Gasteiger partial charge is 0.307 e. The number of Topliss-reactive ketones (excluding diaryl/α,β-unsaturated/α-hetero) is 2. The van der Waals surface area contributed by atoms with Gasteiger partial charge in [0.05, 0.1) is 48.8 Å². The van der Waals surface area contributed by atoms with E-state index in [1.165, 1.54) is 7.11 Å². The van der Waals surface area contributed by atoms with Crippen molar-refractivity contribution in [2.45, 2.75) is 69.9 Å². The largest absolute Gasteiger partial charge is 0.493 e. The van der Waals surface area contributed by atoms with Crippen LogP contribution >= 0.6 is 0 Å². The summed E-state index contributed by atoms with van der Waals surface area (Å²) in [6.45, 7) is 1.31. The van der Waals surface area contributed by atoms with Crippen LogP contribution in [0.25, 0.3) is 0 Å². The van der Waals surface area contributed by atoms with Gasteiger partial charge in [0.2, 0.25) is 6.10 Å². The number of amides is 2. The molecule has 0 spiro atoms. The number of carbonyl (C=O) groups excluding carboxylic acids is 5. The lowest BCUT2D eigenvalue weighted by molar-refractivity contribution is -0.157. The van der Waals surface area contributed by atoms with E-state index in [1.54, 1.807) is 30.2 Å². The number of benzene rings is 5. The van der Waals surface area contributed by atoms with E-state index in [2.05, 4.69) is 11.0 Å². The number of methoxy groups -OCH3 is 2. The normalized spacial score (nSPS) is 18.0. The number of ketones is 2. The first kappa shape index (κ1) is 44.2. The number of hydrogen-bond donors (Lipinski definition) is 0. The predicted octanol–water partition coefficient (Wildman–Crippen LogP) is 7.23. The highest BCUT2D eigenvalue weighted by Crippen LogP contribution is 2.44. The minimum Gasteiger partial charge on any atom is -0.493 e. The summed E-state index contributed by atoms with van der Waals surface area (Å²) in [5, 5.41) is 0. The van der Waals surface area contributed by atoms with Crippen molar-refractivity contribution >= 4 is 64.0 Å². The van der Waals surface area contributed by atoms with Gasteiger partial charge in [-0.2, -0.15) is 0 Å². The molecule has 0 saturated heterocycles. The summed E-state index contributed by atoms with van der Waals surface area (Å²) >= 11 is 0. The Morgan fingerprint density at radius 1 is 0.706 bits per heavy atom. The van der Waals surface area contributed by atoms with Crippen molar-refractivity contribution < 1.29 is 47.7 Å². The van der Waals surface area contributed by atoms with Crippen molar-refractivity contribution in [2.75, 3.05) is 61.0 Å². The van der Waals surface area contributed by atoms with Gasteiger partial charge < -0.3 is 38.4 Å². The highest BCUT2D eigenvalue weighted by molar-refractivity contribution is 6.15. The quantitative estimate of drug-likeness (QED) is 0.0815. The monoisotopic (exact) mass is 917 g/mol. The molecule has 15 nitrogen and oxygen atoms in total. The Morgan fingerprint density at radius 2 is 1.31 bits per heavy atom. The Hall–Kier alpha value is -7.68. The van der Waals surface area contributed by atoms with Crippen LogP contribution in [0.15, 0.2) is 96.0 Å². The lowest BCUT2D eigenvalue weighted by Gasteiger charge is -2.25. The summed E-state index contributed by atoms with van der Waals surface area (Å²) < 4.78 is 29.9. The fourth-order valence-corrected chi connectivity index (χ4v) is 9.98. The minimum atomic E-state index is -1.30. The Bertz CT molecular complexity index is 2900. The first-order valence-electron chi connectivity index (χ1n) is 22.8. The molecule has 1 unspecified atom stereocenters. The molecule has 0 aromatic heterocycles. The van der Waals surface area contributed by atoms with Crippen LogP contribution in [0, 0.1) is 0 Å². The number of carbonyl (C=O) groups is 5. The average Bonchev–Trinajstić information content (AvgIpc) is 3.97. The van der Waals surface area contributed by atoms with Crippen LogP contribution in [0.3, 0.4) is 0 Å². The van der Waals surface area contributed by atoms with Crippen LogP contribution in [0.1, 0.15) is 68.7 Å². The molecule has 2 atom stereocenters. The van der Waals surface area contributed by atoms with Crippen LogP contribution < -0.4 is 38.5 Å². The maximum atomic E-state index is 14.2. The molecule has 15 heteroatoms. The van der Waals surface area contributed by atoms with E-state index >= 15 is 0 Å². The first-order valence-corrected chi connectivity index (χ1v) is 22.8. The number of fused-ring (bicyclic) bond motifs is 8. The molecule has 5 aliphatic rings. The highest BCUT2D eigenvalue weighted by atomic mass is 16.6. The minimum absolute atomic E-state index is 0.0174. The number of aliphatic imine (C=N–C) groups is 1. The van der Waals surface area contributed by atoms with E-state index in [0.29, 0.717) is 65.7 Å². The highest BCUT2D eigenvalue weighted by Gasteiger charge is 2.40. The van der Waals surface area contributed by atoms with Gasteiger partial charge in [-0.25, -0.2) is 0 Å². The standard InChI is InChI=1S/C53H51N5O10/c1-55(17-9-14-50(61)68-51-44(59)15-16-45(51)60)35-19-31(29-66-48-25-40-38(23-46(48)64-3)52(62)57-36(27-54-40)21-33-10-5-7-12-41(33)57)18-32(20-35)30-67-49-26-43-39(24-47(49)65-4)53(63)58-37(28-56(43)2)22-34-11-6-8-13-42(34)58/h5-8,10-13,18-20,23-27,36-37,51H,9,14-17,21-22,28-30H2,1-4H3/t36-,37?/m0/s1. The summed E-state index contributed by atoms with van der Waals surface area (Å²) in [4.78, 5) is 77.7. The number of anilines is 4. The summed E-state index contributed by atoms with van der Waals surface area (Å²) in [5.41, 5.74) is 8.61. The van der Waals surface area contributed by atoms with Crippen molar-refractivity contribution in [3.05, 3.63) is 124 Å². The van der Waals surface area contributed by atoms with Crippen molar-refractivity contribution in [3.63, 3.8) is 0 Å². The Balaban J connectivity index is 0.902. The number of rotatable bonds is 14. The van der Waals surface area contributed by atoms with Gasteiger partial charge in [0, 0.05) is 88.3 Å². The number of likely N-dealkylation sites (N-methyl/N-ethyl adjacent to an activating group) is 1. The zero-order valence-electron chi connectivity index (χ0n) is 38.4. The summed E-state index contributed by atoms with van der Waals surface area (Å²) in [6, 6.07) is 28.7. The molecular weight excluding hydrogens is 867 g/mol. The van der Waals surface area contributed by atoms with Crippen LogP contribution in [0.2, 0.25) is 0 Å². The third kappa shape index (κ3) is 8.26. The van der Waals surface area contributed by atoms with Crippen LogP contribution in [-0.4, -0.2) is 95.2 Å². The van der Waals surface area contributed by atoms with Crippen molar-refractivity contribution in [1.29, 1.82) is 0 Å². The fourth-order valence-electron chi connectivity index (χ4n) is 9.98. The topological polar surface area (TPSA) is 157 Å². The molecule has 2 amide bonds. The number of hydrogen-bond acceptors (Lipinski definition) is 13. The molecule has 68 heavy (non-hydrogen) atoms. The van der Waals surface area contributed by atoms with Gasteiger partial charge >= 0.3 is 5.97 Å². The molecule has 1 aliphatic carbocycles. The second kappa shape index (κ2) is 18.2. The van der Waals surface area contributed by atoms with Crippen LogP contribution in [-0.2, 0) is 45.2 Å². The second-order valence-corrected chi connectivity index (χ2v) is 17.8. The number of para-hydroxylation sites is 2. The van der Waals surface area contributed by atoms with E-state index in [9.17, 15) is 24.0 Å². The molecule has 4 heterocycles. The third-order valence-electron chi connectivity index (χ3n) is 13.4. The van der Waals surface area contributed by atoms with E-state index in [0.717, 1.165) is 51.4 Å². The summed E-state index contributed by atoms with van der Waals surface area (Å²) in [5.74, 6) is 0.106. The van der Waals surface area contributed by atoms with Crippen LogP contribution in [0.5, 0.6) is 23.0 Å². The van der Waals surface area contributed by atoms with E-state index in [4.69, 9.17) is 28.7 Å². The molecule has 10 rings (SSSR count). The Morgan fingerprint density at radius 3 is 1.99 bits per heavy atom. The van der Waals surface area contributed by atoms with Gasteiger partial charge in [-0.15, -0.1) is 0 Å². The molecule has 4 aliphatic heterocycles. The molecule has 0 radical (unpaired) electrons. The number of esters is 1. The molecular formula is C53H51N5O10. The Kier molecular flexibility index (Phi) is 11.8. The number of ether oxygens (including phenoxy) is 5. The van der Waals surface area contributed by atoms with E-state index in [-0.39, 0.29) is 67.9 Å². The third-order valence-corrected chi connectivity index (χ3v) is 13.4. The molecule has 5 aromatic carbocycles. The van der Waals surface area contributed by atoms with Gasteiger partial charge in [0.25, 0.3) is 11.8 Å². The summed E-state index contributed by atoms with van der Waals surface area (Å²) in [6.07, 6.45) is 2.57. The van der Waals surface area contributed by atoms with E-state index in [1.807, 2.05) is 96.8 Å². The predicted molar refractivity (Wildman–Crippen MR) is 256 cm³/mol. The first-order chi connectivity index (χ1) is 33.0. The molecule has 1 fully saturated rings. The molecule has 5 aromatic rings. The maximum absolute atomic E-state index is 14.2. The van der Waals surface area contributed by atoms with Gasteiger partial charge in [-0.1, -0.05) is 36.4 Å². The molecule has 1 saturated carbocycles. The van der Waals surface area contributed by atoms with Crippen molar-refractivity contribution in [2.24, 2.45) is 4.99 Å².